The van der Waals surface area contributed by atoms with E-state index in [1.54, 1.807) is 39.9 Å². The normalized spacial score (nSPS) is 21.6. The highest BCUT2D eigenvalue weighted by Crippen LogP contribution is 2.60. The fourth-order valence-corrected chi connectivity index (χ4v) is 10.9. The zero-order chi connectivity index (χ0) is 37.5. The van der Waals surface area contributed by atoms with E-state index in [9.17, 15) is 19.5 Å². The number of aryl methyl sites for hydroxylation is 1. The number of benzene rings is 4. The van der Waals surface area contributed by atoms with E-state index >= 15 is 0 Å². The third kappa shape index (κ3) is 7.00. The monoisotopic (exact) mass is 750 g/mol. The molecule has 2 amide bonds. The highest BCUT2D eigenvalue weighted by molar-refractivity contribution is 6.71. The first-order valence-corrected chi connectivity index (χ1v) is 21.1. The molecule has 4 aromatic carbocycles. The molecule has 1 saturated heterocycles. The molecule has 3 heterocycles. The second-order valence-electron chi connectivity index (χ2n) is 14.5. The van der Waals surface area contributed by atoms with E-state index in [1.165, 1.54) is 0 Å². The third-order valence-corrected chi connectivity index (χ3v) is 13.4. The zero-order valence-electron chi connectivity index (χ0n) is 29.8. The summed E-state index contributed by atoms with van der Waals surface area (Å²) in [4.78, 5) is 41.0. The number of nitrogen functional groups attached to an aromatic ring is 1. The van der Waals surface area contributed by atoms with Crippen LogP contribution in [0.2, 0.25) is 23.7 Å². The summed E-state index contributed by atoms with van der Waals surface area (Å²) in [7, 11) is -2.90. The summed E-state index contributed by atoms with van der Waals surface area (Å²) in [5.74, 6) is -1.12. The SMILES string of the molecule is C[C@@H]1[C@@H]([Si](C)(C)O)[C@H](CCn2cc(C(CO)c3ccccc3)nn2)O[C@@]12C(=O)N(Cc1ccc(NC(=O)c3ccc(N)cc3)cc1)c1ccc(Cl)cc12. The Morgan fingerprint density at radius 1 is 1.06 bits per heavy atom. The van der Waals surface area contributed by atoms with Gasteiger partial charge in [-0.2, -0.15) is 0 Å². The molecule has 53 heavy (non-hydrogen) atoms. The van der Waals surface area contributed by atoms with E-state index < -0.39 is 20.0 Å². The summed E-state index contributed by atoms with van der Waals surface area (Å²) in [5.41, 5.74) is 9.69. The first kappa shape index (κ1) is 36.5. The van der Waals surface area contributed by atoms with Gasteiger partial charge in [0.05, 0.1) is 36.6 Å². The summed E-state index contributed by atoms with van der Waals surface area (Å²) in [6, 6.07) is 29.2. The van der Waals surface area contributed by atoms with Crippen molar-refractivity contribution in [2.45, 2.75) is 62.7 Å². The van der Waals surface area contributed by atoms with Crippen molar-refractivity contribution < 1.29 is 24.2 Å². The number of nitrogens with two attached hydrogens (primary N) is 1. The first-order chi connectivity index (χ1) is 25.4. The number of ether oxygens (including phenoxy) is 1. The van der Waals surface area contributed by atoms with Crippen molar-refractivity contribution in [1.29, 1.82) is 0 Å². The van der Waals surface area contributed by atoms with Gasteiger partial charge in [0.2, 0.25) is 0 Å². The van der Waals surface area contributed by atoms with Crippen LogP contribution in [0.4, 0.5) is 17.1 Å². The molecule has 1 unspecified atom stereocenters. The Kier molecular flexibility index (Phi) is 10.0. The maximum atomic E-state index is 14.8. The van der Waals surface area contributed by atoms with Crippen molar-refractivity contribution in [3.63, 3.8) is 0 Å². The number of rotatable bonds is 11. The van der Waals surface area contributed by atoms with Gasteiger partial charge in [0.15, 0.2) is 13.9 Å². The molecule has 2 aliphatic heterocycles. The molecule has 2 aliphatic rings. The Hall–Kier alpha value is -4.85. The standard InChI is InChI=1S/C40H43ClN6O5Si/c1-25-37(53(2,3)51)36(19-20-46-23-34(44-45-46)32(24-48)27-7-5-4-6-8-27)52-40(25)33-21-29(41)13-18-35(33)47(39(40)50)22-26-9-16-31(17-10-26)43-38(49)28-11-14-30(42)15-12-28/h4-18,21,23,25,32,36-37,48,51H,19-20,22,24,42H2,1-3H3,(H,43,49)/t25-,32?,36+,37-,40+/m1/s1. The van der Waals surface area contributed by atoms with Gasteiger partial charge in [-0.25, -0.2) is 0 Å². The quantitative estimate of drug-likeness (QED) is 0.0903. The van der Waals surface area contributed by atoms with E-state index in [2.05, 4.69) is 15.6 Å². The number of nitrogens with one attached hydrogen (secondary N) is 1. The van der Waals surface area contributed by atoms with E-state index in [1.807, 2.05) is 92.9 Å². The molecule has 13 heteroatoms. The summed E-state index contributed by atoms with van der Waals surface area (Å²) in [6.07, 6.45) is 1.87. The average Bonchev–Trinajstić information content (AvgIpc) is 3.79. The zero-order valence-corrected chi connectivity index (χ0v) is 31.6. The molecule has 0 aliphatic carbocycles. The minimum absolute atomic E-state index is 0.105. The molecule has 1 aromatic heterocycles. The summed E-state index contributed by atoms with van der Waals surface area (Å²) < 4.78 is 8.70. The molecule has 1 fully saturated rings. The van der Waals surface area contributed by atoms with Gasteiger partial charge in [-0.3, -0.25) is 14.3 Å². The molecule has 1 spiro atoms. The number of nitrogens with zero attached hydrogens (tertiary/aromatic N) is 4. The summed E-state index contributed by atoms with van der Waals surface area (Å²) in [6.45, 7) is 6.39. The van der Waals surface area contributed by atoms with E-state index in [4.69, 9.17) is 22.1 Å². The average molecular weight is 751 g/mol. The molecule has 5 atom stereocenters. The van der Waals surface area contributed by atoms with E-state index in [0.29, 0.717) is 51.9 Å². The van der Waals surface area contributed by atoms with Crippen LogP contribution in [-0.4, -0.2) is 57.7 Å². The number of aromatic nitrogens is 3. The largest absolute Gasteiger partial charge is 0.432 e. The van der Waals surface area contributed by atoms with Gasteiger partial charge in [-0.15, -0.1) is 5.10 Å². The molecule has 0 saturated carbocycles. The topological polar surface area (TPSA) is 156 Å². The Balaban J connectivity index is 1.12. The summed E-state index contributed by atoms with van der Waals surface area (Å²) >= 11 is 6.58. The molecular weight excluding hydrogens is 708 g/mol. The predicted molar refractivity (Wildman–Crippen MR) is 207 cm³/mol. The number of halogens is 1. The third-order valence-electron chi connectivity index (χ3n) is 10.6. The van der Waals surface area contributed by atoms with Crippen LogP contribution in [-0.2, 0) is 28.2 Å². The van der Waals surface area contributed by atoms with Crippen molar-refractivity contribution in [3.05, 3.63) is 136 Å². The van der Waals surface area contributed by atoms with Gasteiger partial charge in [0.1, 0.15) is 0 Å². The van der Waals surface area contributed by atoms with Crippen molar-refractivity contribution in [1.82, 2.24) is 15.0 Å². The Labute approximate surface area is 314 Å². The number of aliphatic hydroxyl groups excluding tert-OH is 1. The number of hydrogen-bond donors (Lipinski definition) is 4. The molecule has 5 N–H and O–H groups in total. The van der Waals surface area contributed by atoms with Crippen LogP contribution in [0.3, 0.4) is 0 Å². The fourth-order valence-electron chi connectivity index (χ4n) is 8.09. The highest BCUT2D eigenvalue weighted by Gasteiger charge is 2.66. The summed E-state index contributed by atoms with van der Waals surface area (Å²) in [5, 5.41) is 22.3. The lowest BCUT2D eigenvalue weighted by Gasteiger charge is -2.32. The lowest BCUT2D eigenvalue weighted by atomic mass is 9.82. The number of fused-ring (bicyclic) bond motifs is 2. The molecule has 7 rings (SSSR count). The lowest BCUT2D eigenvalue weighted by Crippen LogP contribution is -2.46. The highest BCUT2D eigenvalue weighted by atomic mass is 35.5. The maximum absolute atomic E-state index is 14.8. The van der Waals surface area contributed by atoms with Gasteiger partial charge < -0.3 is 30.6 Å². The van der Waals surface area contributed by atoms with Crippen LogP contribution in [0.25, 0.3) is 0 Å². The van der Waals surface area contributed by atoms with E-state index in [0.717, 1.165) is 11.1 Å². The van der Waals surface area contributed by atoms with Crippen molar-refractivity contribution >= 4 is 48.8 Å². The number of hydrogen-bond acceptors (Lipinski definition) is 8. The van der Waals surface area contributed by atoms with Crippen LogP contribution in [0.5, 0.6) is 0 Å². The van der Waals surface area contributed by atoms with Crippen LogP contribution in [0, 0.1) is 5.92 Å². The second-order valence-corrected chi connectivity index (χ2v) is 18.9. The van der Waals surface area contributed by atoms with Crippen LogP contribution in [0.15, 0.2) is 103 Å². The van der Waals surface area contributed by atoms with Gasteiger partial charge in [0, 0.05) is 51.7 Å². The second kappa shape index (κ2) is 14.5. The van der Waals surface area contributed by atoms with Crippen LogP contribution >= 0.6 is 11.6 Å². The molecule has 5 aromatic rings. The van der Waals surface area contributed by atoms with Gasteiger partial charge in [-0.1, -0.05) is 66.2 Å². The Morgan fingerprint density at radius 2 is 1.77 bits per heavy atom. The molecule has 274 valence electrons. The molecule has 11 nitrogen and oxygen atoms in total. The number of aliphatic hydroxyl groups is 1. The van der Waals surface area contributed by atoms with Crippen molar-refractivity contribution in [2.24, 2.45) is 5.92 Å². The van der Waals surface area contributed by atoms with Crippen molar-refractivity contribution in [3.8, 4) is 0 Å². The first-order valence-electron chi connectivity index (χ1n) is 17.7. The number of carbonyl (C=O) groups is 2. The van der Waals surface area contributed by atoms with Crippen LogP contribution < -0.4 is 16.0 Å². The fraction of sp³-hybridized carbons (Fsp3) is 0.300. The maximum Gasteiger partial charge on any atom is 0.264 e. The number of amides is 2. The van der Waals surface area contributed by atoms with Gasteiger partial charge in [-0.05, 0) is 85.2 Å². The smallest absolute Gasteiger partial charge is 0.264 e. The molecular formula is C40H43ClN6O5Si. The van der Waals surface area contributed by atoms with Gasteiger partial charge >= 0.3 is 0 Å². The number of carbonyl (C=O) groups excluding carboxylic acids is 2. The lowest BCUT2D eigenvalue weighted by molar-refractivity contribution is -0.146. The Morgan fingerprint density at radius 3 is 2.45 bits per heavy atom. The van der Waals surface area contributed by atoms with Crippen LogP contribution in [0.1, 0.15) is 52.0 Å². The number of anilines is 3. The van der Waals surface area contributed by atoms with Crippen molar-refractivity contribution in [2.75, 3.05) is 22.6 Å². The van der Waals surface area contributed by atoms with E-state index in [-0.39, 0.29) is 42.3 Å². The Bertz CT molecular complexity index is 2110. The molecule has 0 radical (unpaired) electrons. The minimum Gasteiger partial charge on any atom is -0.432 e. The minimum atomic E-state index is -2.90. The molecule has 0 bridgehead atoms. The predicted octanol–water partition coefficient (Wildman–Crippen LogP) is 6.33. The van der Waals surface area contributed by atoms with Gasteiger partial charge in [0.25, 0.3) is 11.8 Å².